The molecule has 8 heteroatoms. The van der Waals surface area contributed by atoms with Gasteiger partial charge in [-0.3, -0.25) is 14.2 Å². The first-order valence-electron chi connectivity index (χ1n) is 10.1. The van der Waals surface area contributed by atoms with Gasteiger partial charge in [0.1, 0.15) is 5.75 Å². The van der Waals surface area contributed by atoms with Crippen LogP contribution in [0.3, 0.4) is 0 Å². The topological polar surface area (TPSA) is 76.5 Å². The Morgan fingerprint density at radius 1 is 1.13 bits per heavy atom. The molecule has 2 amide bonds. The maximum atomic E-state index is 12.4. The van der Waals surface area contributed by atoms with E-state index in [0.29, 0.717) is 29.5 Å². The lowest BCUT2D eigenvalue weighted by Gasteiger charge is -2.18. The van der Waals surface area contributed by atoms with E-state index < -0.39 is 0 Å². The summed E-state index contributed by atoms with van der Waals surface area (Å²) in [7, 11) is 1.62. The Bertz CT molecular complexity index is 1030. The van der Waals surface area contributed by atoms with E-state index in [0.717, 1.165) is 11.4 Å². The van der Waals surface area contributed by atoms with Crippen LogP contribution in [0.25, 0.3) is 5.69 Å². The fraction of sp³-hybridized carbons (Fsp3) is 0.261. The number of aromatic nitrogens is 2. The molecule has 31 heavy (non-hydrogen) atoms. The molecule has 0 atom stereocenters. The molecule has 1 aromatic heterocycles. The third-order valence-corrected chi connectivity index (χ3v) is 5.70. The van der Waals surface area contributed by atoms with Gasteiger partial charge >= 0.3 is 0 Å². The zero-order valence-corrected chi connectivity index (χ0v) is 18.7. The first-order chi connectivity index (χ1) is 15.0. The number of rotatable bonds is 9. The lowest BCUT2D eigenvalue weighted by molar-refractivity contribution is -0.113. The van der Waals surface area contributed by atoms with E-state index in [9.17, 15) is 9.59 Å². The number of carbonyl (C=O) groups excluding carboxylic acids is 2. The van der Waals surface area contributed by atoms with Gasteiger partial charge in [-0.05, 0) is 50.2 Å². The van der Waals surface area contributed by atoms with Crippen LogP contribution in [0.2, 0.25) is 0 Å². The zero-order chi connectivity index (χ0) is 22.2. The van der Waals surface area contributed by atoms with E-state index >= 15 is 0 Å². The molecule has 0 saturated carbocycles. The van der Waals surface area contributed by atoms with Crippen molar-refractivity contribution in [3.8, 4) is 11.4 Å². The van der Waals surface area contributed by atoms with Crippen LogP contribution >= 0.6 is 11.8 Å². The van der Waals surface area contributed by atoms with E-state index in [1.807, 2.05) is 48.9 Å². The number of amides is 2. The van der Waals surface area contributed by atoms with Gasteiger partial charge in [0, 0.05) is 42.8 Å². The molecular weight excluding hydrogens is 412 g/mol. The van der Waals surface area contributed by atoms with Gasteiger partial charge in [-0.25, -0.2) is 4.98 Å². The molecule has 2 aromatic carbocycles. The lowest BCUT2D eigenvalue weighted by Crippen LogP contribution is -2.30. The van der Waals surface area contributed by atoms with Gasteiger partial charge in [0.05, 0.1) is 18.6 Å². The van der Waals surface area contributed by atoms with Gasteiger partial charge in [0.2, 0.25) is 5.91 Å². The normalized spacial score (nSPS) is 10.5. The smallest absolute Gasteiger partial charge is 0.253 e. The second-order valence-corrected chi connectivity index (χ2v) is 7.62. The molecule has 1 heterocycles. The number of hydrogen-bond donors (Lipinski definition) is 1. The van der Waals surface area contributed by atoms with Crippen molar-refractivity contribution in [2.24, 2.45) is 0 Å². The number of carbonyl (C=O) groups is 2. The molecule has 3 rings (SSSR count). The average molecular weight is 439 g/mol. The molecule has 0 aliphatic heterocycles. The minimum absolute atomic E-state index is 0.0113. The molecule has 0 aliphatic carbocycles. The molecule has 0 saturated heterocycles. The molecule has 0 radical (unpaired) electrons. The predicted molar refractivity (Wildman–Crippen MR) is 123 cm³/mol. The van der Waals surface area contributed by atoms with E-state index in [-0.39, 0.29) is 17.6 Å². The van der Waals surface area contributed by atoms with Crippen molar-refractivity contribution >= 4 is 29.3 Å². The Hall–Kier alpha value is -3.26. The van der Waals surface area contributed by atoms with E-state index in [1.165, 1.54) is 11.8 Å². The summed E-state index contributed by atoms with van der Waals surface area (Å²) in [6.07, 6.45) is 3.55. The van der Waals surface area contributed by atoms with E-state index in [1.54, 1.807) is 42.5 Å². The van der Waals surface area contributed by atoms with Gasteiger partial charge < -0.3 is 15.0 Å². The first-order valence-corrected chi connectivity index (χ1v) is 11.0. The zero-order valence-electron chi connectivity index (χ0n) is 17.9. The number of thioether (sulfide) groups is 1. The highest BCUT2D eigenvalue weighted by Crippen LogP contribution is 2.23. The Kier molecular flexibility index (Phi) is 7.72. The van der Waals surface area contributed by atoms with Crippen molar-refractivity contribution in [2.75, 3.05) is 31.3 Å². The number of methoxy groups -OCH3 is 1. The van der Waals surface area contributed by atoms with Crippen LogP contribution in [-0.2, 0) is 4.79 Å². The van der Waals surface area contributed by atoms with Crippen LogP contribution in [0, 0.1) is 0 Å². The second kappa shape index (κ2) is 10.7. The third kappa shape index (κ3) is 5.67. The molecule has 0 bridgehead atoms. The summed E-state index contributed by atoms with van der Waals surface area (Å²) >= 11 is 1.35. The van der Waals surface area contributed by atoms with Gasteiger partial charge in [0.25, 0.3) is 5.91 Å². The highest BCUT2D eigenvalue weighted by molar-refractivity contribution is 7.99. The molecule has 162 valence electrons. The number of benzene rings is 2. The fourth-order valence-electron chi connectivity index (χ4n) is 3.07. The summed E-state index contributed by atoms with van der Waals surface area (Å²) in [6, 6.07) is 14.6. The predicted octanol–water partition coefficient (Wildman–Crippen LogP) is 4.09. The van der Waals surface area contributed by atoms with Gasteiger partial charge in [-0.2, -0.15) is 0 Å². The Morgan fingerprint density at radius 2 is 1.87 bits per heavy atom. The second-order valence-electron chi connectivity index (χ2n) is 6.67. The summed E-state index contributed by atoms with van der Waals surface area (Å²) in [4.78, 5) is 30.9. The van der Waals surface area contributed by atoms with Crippen LogP contribution < -0.4 is 10.1 Å². The SMILES string of the molecule is CCN(CC)C(=O)c1ccc(NC(=O)CSc2nccn2-c2cccc(OC)c2)cc1. The summed E-state index contributed by atoms with van der Waals surface area (Å²) < 4.78 is 7.19. The van der Waals surface area contributed by atoms with Crippen molar-refractivity contribution in [1.82, 2.24) is 14.5 Å². The van der Waals surface area contributed by atoms with E-state index in [2.05, 4.69) is 10.3 Å². The summed E-state index contributed by atoms with van der Waals surface area (Å²) in [5, 5.41) is 3.58. The quantitative estimate of drug-likeness (QED) is 0.509. The summed E-state index contributed by atoms with van der Waals surface area (Å²) in [5.74, 6) is 0.805. The Morgan fingerprint density at radius 3 is 2.55 bits per heavy atom. The highest BCUT2D eigenvalue weighted by atomic mass is 32.2. The minimum Gasteiger partial charge on any atom is -0.497 e. The third-order valence-electron chi connectivity index (χ3n) is 4.74. The van der Waals surface area contributed by atoms with Crippen molar-refractivity contribution < 1.29 is 14.3 Å². The molecule has 7 nitrogen and oxygen atoms in total. The van der Waals surface area contributed by atoms with Crippen LogP contribution in [-0.4, -0.2) is 52.2 Å². The van der Waals surface area contributed by atoms with Crippen LogP contribution in [0.5, 0.6) is 5.75 Å². The average Bonchev–Trinajstić information content (AvgIpc) is 3.28. The Balaban J connectivity index is 1.59. The lowest BCUT2D eigenvalue weighted by atomic mass is 10.2. The van der Waals surface area contributed by atoms with Gasteiger partial charge in [-0.15, -0.1) is 0 Å². The van der Waals surface area contributed by atoms with Crippen molar-refractivity contribution in [3.63, 3.8) is 0 Å². The molecule has 0 aliphatic rings. The number of hydrogen-bond acceptors (Lipinski definition) is 5. The maximum Gasteiger partial charge on any atom is 0.253 e. The largest absolute Gasteiger partial charge is 0.497 e. The highest BCUT2D eigenvalue weighted by Gasteiger charge is 2.13. The molecule has 0 spiro atoms. The Labute approximate surface area is 186 Å². The molecule has 1 N–H and O–H groups in total. The minimum atomic E-state index is -0.145. The molecule has 3 aromatic rings. The standard InChI is InChI=1S/C23H26N4O3S/c1-4-26(5-2)22(29)17-9-11-18(12-10-17)25-21(28)16-31-23-24-13-14-27(23)19-7-6-8-20(15-19)30-3/h6-15H,4-5,16H2,1-3H3,(H,25,28). The molecule has 0 fully saturated rings. The monoisotopic (exact) mass is 438 g/mol. The van der Waals surface area contributed by atoms with Crippen LogP contribution in [0.1, 0.15) is 24.2 Å². The van der Waals surface area contributed by atoms with E-state index in [4.69, 9.17) is 4.74 Å². The van der Waals surface area contributed by atoms with Gasteiger partial charge in [0.15, 0.2) is 5.16 Å². The molecule has 0 unspecified atom stereocenters. The molecular formula is C23H26N4O3S. The van der Waals surface area contributed by atoms with Crippen molar-refractivity contribution in [2.45, 2.75) is 19.0 Å². The number of anilines is 1. The number of ether oxygens (including phenoxy) is 1. The summed E-state index contributed by atoms with van der Waals surface area (Å²) in [5.41, 5.74) is 2.17. The van der Waals surface area contributed by atoms with Crippen LogP contribution in [0.4, 0.5) is 5.69 Å². The fourth-order valence-corrected chi connectivity index (χ4v) is 3.84. The van der Waals surface area contributed by atoms with Crippen molar-refractivity contribution in [1.29, 1.82) is 0 Å². The van der Waals surface area contributed by atoms with Crippen molar-refractivity contribution in [3.05, 3.63) is 66.5 Å². The van der Waals surface area contributed by atoms with Gasteiger partial charge in [-0.1, -0.05) is 17.8 Å². The van der Waals surface area contributed by atoms with Crippen LogP contribution in [0.15, 0.2) is 66.1 Å². The number of imidazole rings is 1. The first kappa shape index (κ1) is 22.4. The number of nitrogens with zero attached hydrogens (tertiary/aromatic N) is 3. The maximum absolute atomic E-state index is 12.4. The number of nitrogens with one attached hydrogen (secondary N) is 1. The summed E-state index contributed by atoms with van der Waals surface area (Å²) in [6.45, 7) is 5.23.